The first-order valence-electron chi connectivity index (χ1n) is 6.68. The summed E-state index contributed by atoms with van der Waals surface area (Å²) in [5, 5.41) is 3.57. The van der Waals surface area contributed by atoms with Gasteiger partial charge in [-0.1, -0.05) is 5.16 Å². The lowest BCUT2D eigenvalue weighted by Gasteiger charge is -2.43. The molecule has 1 fully saturated rings. The molecule has 0 spiro atoms. The average Bonchev–Trinajstić information content (AvgIpc) is 2.71. The SMILES string of the molecule is Cc1noc(C)c1S(=O)(=O)N1CC(C)N(C)C(C(F)(F)F)C1. The fraction of sp³-hybridized carbons (Fsp3) is 0.750. The van der Waals surface area contributed by atoms with Crippen molar-refractivity contribution in [3.8, 4) is 0 Å². The minimum atomic E-state index is -4.50. The maximum absolute atomic E-state index is 13.1. The Bertz CT molecular complexity index is 637. The summed E-state index contributed by atoms with van der Waals surface area (Å²) in [7, 11) is -2.73. The van der Waals surface area contributed by atoms with Crippen LogP contribution in [-0.2, 0) is 10.0 Å². The molecule has 1 aromatic rings. The fourth-order valence-corrected chi connectivity index (χ4v) is 4.45. The Balaban J connectivity index is 2.40. The summed E-state index contributed by atoms with van der Waals surface area (Å²) in [5.41, 5.74) is 0.146. The van der Waals surface area contributed by atoms with Crippen LogP contribution in [0.15, 0.2) is 9.42 Å². The van der Waals surface area contributed by atoms with Crippen molar-refractivity contribution in [2.45, 2.75) is 43.9 Å². The normalized spacial score (nSPS) is 25.6. The highest BCUT2D eigenvalue weighted by Crippen LogP contribution is 2.32. The number of likely N-dealkylation sites (N-methyl/N-ethyl adjacent to an activating group) is 1. The second-order valence-electron chi connectivity index (χ2n) is 5.55. The number of piperazine rings is 1. The van der Waals surface area contributed by atoms with Crippen LogP contribution in [0.4, 0.5) is 13.2 Å². The third-order valence-electron chi connectivity index (χ3n) is 3.97. The van der Waals surface area contributed by atoms with E-state index in [0.29, 0.717) is 0 Å². The summed E-state index contributed by atoms with van der Waals surface area (Å²) in [5.74, 6) is 0.0765. The van der Waals surface area contributed by atoms with Crippen molar-refractivity contribution in [1.82, 2.24) is 14.4 Å². The highest BCUT2D eigenvalue weighted by molar-refractivity contribution is 7.89. The molecule has 2 unspecified atom stereocenters. The lowest BCUT2D eigenvalue weighted by Crippen LogP contribution is -2.62. The van der Waals surface area contributed by atoms with E-state index in [2.05, 4.69) is 5.16 Å². The van der Waals surface area contributed by atoms with Crippen molar-refractivity contribution in [2.75, 3.05) is 20.1 Å². The molecule has 22 heavy (non-hydrogen) atoms. The Labute approximate surface area is 126 Å². The van der Waals surface area contributed by atoms with Crippen LogP contribution in [0.1, 0.15) is 18.4 Å². The van der Waals surface area contributed by atoms with Crippen molar-refractivity contribution in [2.24, 2.45) is 0 Å². The minimum Gasteiger partial charge on any atom is -0.360 e. The predicted octanol–water partition coefficient (Wildman–Crippen LogP) is 1.55. The maximum Gasteiger partial charge on any atom is 0.405 e. The van der Waals surface area contributed by atoms with Crippen LogP contribution in [0.3, 0.4) is 0 Å². The number of rotatable bonds is 2. The van der Waals surface area contributed by atoms with Crippen LogP contribution in [-0.4, -0.2) is 61.2 Å². The number of halogens is 3. The van der Waals surface area contributed by atoms with E-state index in [-0.39, 0.29) is 22.9 Å². The van der Waals surface area contributed by atoms with Crippen LogP contribution < -0.4 is 0 Å². The molecular formula is C12H18F3N3O3S. The van der Waals surface area contributed by atoms with E-state index < -0.39 is 34.8 Å². The van der Waals surface area contributed by atoms with Gasteiger partial charge in [0, 0.05) is 19.1 Å². The summed E-state index contributed by atoms with van der Waals surface area (Å²) in [6.45, 7) is 3.78. The second kappa shape index (κ2) is 5.50. The Morgan fingerprint density at radius 1 is 1.27 bits per heavy atom. The smallest absolute Gasteiger partial charge is 0.360 e. The third kappa shape index (κ3) is 2.86. The molecular weight excluding hydrogens is 323 g/mol. The van der Waals surface area contributed by atoms with Gasteiger partial charge in [0.05, 0.1) is 0 Å². The van der Waals surface area contributed by atoms with Gasteiger partial charge in [-0.3, -0.25) is 4.90 Å². The number of aromatic nitrogens is 1. The van der Waals surface area contributed by atoms with Gasteiger partial charge in [0.1, 0.15) is 16.6 Å². The molecule has 6 nitrogen and oxygen atoms in total. The molecule has 0 bridgehead atoms. The monoisotopic (exact) mass is 341 g/mol. The van der Waals surface area contributed by atoms with Crippen molar-refractivity contribution in [3.05, 3.63) is 11.5 Å². The Kier molecular flexibility index (Phi) is 4.31. The quantitative estimate of drug-likeness (QED) is 0.816. The van der Waals surface area contributed by atoms with Crippen LogP contribution >= 0.6 is 0 Å². The second-order valence-corrected chi connectivity index (χ2v) is 7.42. The summed E-state index contributed by atoms with van der Waals surface area (Å²) in [6.07, 6.45) is -4.50. The predicted molar refractivity (Wildman–Crippen MR) is 71.8 cm³/mol. The van der Waals surface area contributed by atoms with E-state index in [1.165, 1.54) is 20.9 Å². The zero-order chi connectivity index (χ0) is 16.9. The average molecular weight is 341 g/mol. The number of aryl methyl sites for hydroxylation is 2. The van der Waals surface area contributed by atoms with Gasteiger partial charge in [0.15, 0.2) is 5.76 Å². The van der Waals surface area contributed by atoms with Gasteiger partial charge in [-0.2, -0.15) is 17.5 Å². The van der Waals surface area contributed by atoms with Gasteiger partial charge < -0.3 is 4.52 Å². The van der Waals surface area contributed by atoms with Gasteiger partial charge in [-0.25, -0.2) is 8.42 Å². The Hall–Kier alpha value is -1.13. The molecule has 1 saturated heterocycles. The number of hydrogen-bond acceptors (Lipinski definition) is 5. The molecule has 1 aliphatic rings. The lowest BCUT2D eigenvalue weighted by molar-refractivity contribution is -0.194. The van der Waals surface area contributed by atoms with Crippen molar-refractivity contribution < 1.29 is 26.1 Å². The Morgan fingerprint density at radius 2 is 1.86 bits per heavy atom. The van der Waals surface area contributed by atoms with E-state index >= 15 is 0 Å². The molecule has 0 aromatic carbocycles. The number of hydrogen-bond donors (Lipinski definition) is 0. The first-order valence-corrected chi connectivity index (χ1v) is 8.12. The minimum absolute atomic E-state index is 0.0184. The van der Waals surface area contributed by atoms with E-state index in [1.54, 1.807) is 6.92 Å². The van der Waals surface area contributed by atoms with Gasteiger partial charge in [0.25, 0.3) is 0 Å². The van der Waals surface area contributed by atoms with Gasteiger partial charge in [-0.05, 0) is 27.8 Å². The third-order valence-corrected chi connectivity index (χ3v) is 6.05. The van der Waals surface area contributed by atoms with Crippen molar-refractivity contribution in [1.29, 1.82) is 0 Å². The Morgan fingerprint density at radius 3 is 2.32 bits per heavy atom. The van der Waals surface area contributed by atoms with Gasteiger partial charge >= 0.3 is 6.18 Å². The summed E-state index contributed by atoms with van der Waals surface area (Å²) >= 11 is 0. The molecule has 0 saturated carbocycles. The summed E-state index contributed by atoms with van der Waals surface area (Å²) in [4.78, 5) is 1.00. The van der Waals surface area contributed by atoms with Crippen molar-refractivity contribution >= 4 is 10.0 Å². The first kappa shape index (κ1) is 17.2. The van der Waals surface area contributed by atoms with Crippen LogP contribution in [0, 0.1) is 13.8 Å². The van der Waals surface area contributed by atoms with Crippen molar-refractivity contribution in [3.63, 3.8) is 0 Å². The summed E-state index contributed by atoms with van der Waals surface area (Å²) in [6, 6.07) is -2.40. The number of sulfonamides is 1. The van der Waals surface area contributed by atoms with Gasteiger partial charge in [-0.15, -0.1) is 0 Å². The van der Waals surface area contributed by atoms with E-state index in [1.807, 2.05) is 0 Å². The molecule has 10 heteroatoms. The first-order chi connectivity index (χ1) is 9.96. The van der Waals surface area contributed by atoms with Crippen LogP contribution in [0.2, 0.25) is 0 Å². The van der Waals surface area contributed by atoms with Crippen LogP contribution in [0.25, 0.3) is 0 Å². The number of alkyl halides is 3. The summed E-state index contributed by atoms with van der Waals surface area (Å²) < 4.78 is 70.4. The molecule has 0 aliphatic carbocycles. The highest BCUT2D eigenvalue weighted by Gasteiger charge is 2.49. The molecule has 2 atom stereocenters. The topological polar surface area (TPSA) is 66.7 Å². The maximum atomic E-state index is 13.1. The zero-order valence-corrected chi connectivity index (χ0v) is 13.5. The molecule has 0 radical (unpaired) electrons. The standard InChI is InChI=1S/C12H18F3N3O3S/c1-7-5-18(6-10(17(7)4)12(13,14)15)22(19,20)11-8(2)16-21-9(11)3/h7,10H,5-6H2,1-4H3. The molecule has 1 aromatic heterocycles. The zero-order valence-electron chi connectivity index (χ0n) is 12.7. The molecule has 2 heterocycles. The van der Waals surface area contributed by atoms with Gasteiger partial charge in [0.2, 0.25) is 10.0 Å². The van der Waals surface area contributed by atoms with Crippen LogP contribution in [0.5, 0.6) is 0 Å². The fourth-order valence-electron chi connectivity index (χ4n) is 2.63. The molecule has 0 N–H and O–H groups in total. The highest BCUT2D eigenvalue weighted by atomic mass is 32.2. The number of nitrogens with zero attached hydrogens (tertiary/aromatic N) is 3. The van der Waals surface area contributed by atoms with E-state index in [9.17, 15) is 21.6 Å². The van der Waals surface area contributed by atoms with E-state index in [0.717, 1.165) is 9.21 Å². The van der Waals surface area contributed by atoms with E-state index in [4.69, 9.17) is 4.52 Å². The molecule has 126 valence electrons. The molecule has 1 aliphatic heterocycles. The molecule has 2 rings (SSSR count). The molecule has 0 amide bonds. The largest absolute Gasteiger partial charge is 0.405 e. The lowest BCUT2D eigenvalue weighted by atomic mass is 10.1.